The Morgan fingerprint density at radius 2 is 1.56 bits per heavy atom. The molecule has 0 spiro atoms. The molecular formula is C12H24N2O2. The first-order valence-corrected chi connectivity index (χ1v) is 5.77. The second kappa shape index (κ2) is 6.51. The van der Waals surface area contributed by atoms with Gasteiger partial charge in [0.05, 0.1) is 0 Å². The minimum absolute atomic E-state index is 0.00522. The lowest BCUT2D eigenvalue weighted by Gasteiger charge is -2.17. The van der Waals surface area contributed by atoms with E-state index < -0.39 is 0 Å². The Kier molecular flexibility index (Phi) is 6.08. The number of hydrogen-bond acceptors (Lipinski definition) is 2. The third kappa shape index (κ3) is 8.26. The van der Waals surface area contributed by atoms with E-state index >= 15 is 0 Å². The topological polar surface area (TPSA) is 58.2 Å². The standard InChI is InChI=1S/C12H24N2O2/c1-9(2)11(16)14-7-6-13-10(15)8-12(3,4)5/h9H,6-8H2,1-5H3,(H,13,15)(H,14,16). The summed E-state index contributed by atoms with van der Waals surface area (Å²) in [7, 11) is 0. The second-order valence-corrected chi connectivity index (χ2v) is 5.53. The van der Waals surface area contributed by atoms with Gasteiger partial charge in [0.25, 0.3) is 0 Å². The first-order chi connectivity index (χ1) is 7.22. The van der Waals surface area contributed by atoms with Crippen LogP contribution in [0, 0.1) is 11.3 Å². The van der Waals surface area contributed by atoms with Gasteiger partial charge in [0, 0.05) is 25.4 Å². The highest BCUT2D eigenvalue weighted by atomic mass is 16.2. The molecule has 16 heavy (non-hydrogen) atoms. The van der Waals surface area contributed by atoms with Crippen molar-refractivity contribution in [1.29, 1.82) is 0 Å². The molecule has 0 rings (SSSR count). The van der Waals surface area contributed by atoms with Crippen molar-refractivity contribution < 1.29 is 9.59 Å². The lowest BCUT2D eigenvalue weighted by atomic mass is 9.92. The van der Waals surface area contributed by atoms with Crippen LogP contribution < -0.4 is 10.6 Å². The van der Waals surface area contributed by atoms with Crippen molar-refractivity contribution >= 4 is 11.8 Å². The van der Waals surface area contributed by atoms with Gasteiger partial charge in [-0.2, -0.15) is 0 Å². The molecule has 2 amide bonds. The highest BCUT2D eigenvalue weighted by molar-refractivity contribution is 5.78. The van der Waals surface area contributed by atoms with Crippen LogP contribution in [0.3, 0.4) is 0 Å². The van der Waals surface area contributed by atoms with E-state index in [0.717, 1.165) is 0 Å². The number of amides is 2. The molecule has 4 heteroatoms. The van der Waals surface area contributed by atoms with Crippen molar-refractivity contribution in [3.05, 3.63) is 0 Å². The van der Waals surface area contributed by atoms with E-state index in [1.54, 1.807) is 0 Å². The summed E-state index contributed by atoms with van der Waals surface area (Å²) >= 11 is 0. The summed E-state index contributed by atoms with van der Waals surface area (Å²) in [5.74, 6) is 0.0432. The fraction of sp³-hybridized carbons (Fsp3) is 0.833. The zero-order valence-electron chi connectivity index (χ0n) is 11.0. The summed E-state index contributed by atoms with van der Waals surface area (Å²) in [6, 6.07) is 0. The molecule has 2 N–H and O–H groups in total. The van der Waals surface area contributed by atoms with Gasteiger partial charge in [-0.15, -0.1) is 0 Å². The van der Waals surface area contributed by atoms with Crippen LogP contribution in [0.15, 0.2) is 0 Å². The Bertz CT molecular complexity index is 242. The third-order valence-corrected chi connectivity index (χ3v) is 1.96. The van der Waals surface area contributed by atoms with E-state index in [2.05, 4.69) is 10.6 Å². The molecule has 0 fully saturated rings. The van der Waals surface area contributed by atoms with Crippen molar-refractivity contribution in [2.75, 3.05) is 13.1 Å². The predicted octanol–water partition coefficient (Wildman–Crippen LogP) is 1.31. The normalized spacial score (nSPS) is 11.4. The average Bonchev–Trinajstić information content (AvgIpc) is 2.08. The Hall–Kier alpha value is -1.06. The molecule has 0 aliphatic carbocycles. The molecule has 0 saturated heterocycles. The zero-order chi connectivity index (χ0) is 12.8. The maximum absolute atomic E-state index is 11.4. The smallest absolute Gasteiger partial charge is 0.222 e. The maximum atomic E-state index is 11.4. The van der Waals surface area contributed by atoms with Crippen LogP contribution in [0.5, 0.6) is 0 Å². The molecule has 0 aliphatic heterocycles. The Labute approximate surface area is 98.2 Å². The zero-order valence-corrected chi connectivity index (χ0v) is 11.0. The van der Waals surface area contributed by atoms with Gasteiger partial charge in [-0.25, -0.2) is 0 Å². The molecule has 0 bridgehead atoms. The molecule has 0 aromatic carbocycles. The molecular weight excluding hydrogens is 204 g/mol. The van der Waals surface area contributed by atoms with Crippen LogP contribution in [0.1, 0.15) is 41.0 Å². The maximum Gasteiger partial charge on any atom is 0.222 e. The third-order valence-electron chi connectivity index (χ3n) is 1.96. The van der Waals surface area contributed by atoms with Crippen LogP contribution in [-0.2, 0) is 9.59 Å². The van der Waals surface area contributed by atoms with Crippen LogP contribution >= 0.6 is 0 Å². The number of carbonyl (C=O) groups is 2. The van der Waals surface area contributed by atoms with Gasteiger partial charge in [0.2, 0.25) is 11.8 Å². The largest absolute Gasteiger partial charge is 0.354 e. The van der Waals surface area contributed by atoms with Gasteiger partial charge < -0.3 is 10.6 Å². The van der Waals surface area contributed by atoms with E-state index in [4.69, 9.17) is 0 Å². The van der Waals surface area contributed by atoms with E-state index in [9.17, 15) is 9.59 Å². The summed E-state index contributed by atoms with van der Waals surface area (Å²) in [4.78, 5) is 22.6. The molecule has 0 aromatic rings. The minimum Gasteiger partial charge on any atom is -0.354 e. The Balaban J connectivity index is 3.60. The summed E-state index contributed by atoms with van der Waals surface area (Å²) in [5, 5.41) is 5.53. The summed E-state index contributed by atoms with van der Waals surface area (Å²) in [6.07, 6.45) is 0.505. The molecule has 0 aliphatic rings. The van der Waals surface area contributed by atoms with Gasteiger partial charge in [-0.3, -0.25) is 9.59 Å². The number of nitrogens with one attached hydrogen (secondary N) is 2. The quantitative estimate of drug-likeness (QED) is 0.697. The molecule has 0 heterocycles. The molecule has 0 aromatic heterocycles. The van der Waals surface area contributed by atoms with Gasteiger partial charge in [0.1, 0.15) is 0 Å². The van der Waals surface area contributed by atoms with E-state index in [0.29, 0.717) is 19.5 Å². The lowest BCUT2D eigenvalue weighted by molar-refractivity contribution is -0.125. The van der Waals surface area contributed by atoms with Crippen LogP contribution in [0.4, 0.5) is 0 Å². The highest BCUT2D eigenvalue weighted by Gasteiger charge is 2.15. The summed E-state index contributed by atoms with van der Waals surface area (Å²) < 4.78 is 0. The Morgan fingerprint density at radius 3 is 2.00 bits per heavy atom. The summed E-state index contributed by atoms with van der Waals surface area (Å²) in [6.45, 7) is 10.7. The predicted molar refractivity (Wildman–Crippen MR) is 64.9 cm³/mol. The van der Waals surface area contributed by atoms with Crippen molar-refractivity contribution in [2.45, 2.75) is 41.0 Å². The van der Waals surface area contributed by atoms with Crippen molar-refractivity contribution in [3.8, 4) is 0 Å². The van der Waals surface area contributed by atoms with Crippen molar-refractivity contribution in [3.63, 3.8) is 0 Å². The fourth-order valence-corrected chi connectivity index (χ4v) is 1.14. The van der Waals surface area contributed by atoms with E-state index in [1.165, 1.54) is 0 Å². The van der Waals surface area contributed by atoms with Gasteiger partial charge in [0.15, 0.2) is 0 Å². The van der Waals surface area contributed by atoms with Gasteiger partial charge in [-0.1, -0.05) is 34.6 Å². The van der Waals surface area contributed by atoms with Crippen LogP contribution in [0.25, 0.3) is 0 Å². The molecule has 0 atom stereocenters. The highest BCUT2D eigenvalue weighted by Crippen LogP contribution is 2.17. The number of hydrogen-bond donors (Lipinski definition) is 2. The Morgan fingerprint density at radius 1 is 1.06 bits per heavy atom. The first kappa shape index (κ1) is 14.9. The van der Waals surface area contributed by atoms with E-state index in [1.807, 2.05) is 34.6 Å². The van der Waals surface area contributed by atoms with Crippen LogP contribution in [0.2, 0.25) is 0 Å². The minimum atomic E-state index is -0.00900. The SMILES string of the molecule is CC(C)C(=O)NCCNC(=O)CC(C)(C)C. The average molecular weight is 228 g/mol. The lowest BCUT2D eigenvalue weighted by Crippen LogP contribution is -2.37. The van der Waals surface area contributed by atoms with E-state index in [-0.39, 0.29) is 23.1 Å². The molecule has 0 saturated carbocycles. The van der Waals surface area contributed by atoms with Crippen molar-refractivity contribution in [2.24, 2.45) is 11.3 Å². The van der Waals surface area contributed by atoms with Crippen LogP contribution in [-0.4, -0.2) is 24.9 Å². The number of rotatable bonds is 5. The molecule has 4 nitrogen and oxygen atoms in total. The second-order valence-electron chi connectivity index (χ2n) is 5.53. The summed E-state index contributed by atoms with van der Waals surface area (Å²) in [5.41, 5.74) is 0.00522. The van der Waals surface area contributed by atoms with Crippen molar-refractivity contribution in [1.82, 2.24) is 10.6 Å². The van der Waals surface area contributed by atoms with Gasteiger partial charge >= 0.3 is 0 Å². The fourth-order valence-electron chi connectivity index (χ4n) is 1.14. The molecule has 0 unspecified atom stereocenters. The monoisotopic (exact) mass is 228 g/mol. The number of carbonyl (C=O) groups excluding carboxylic acids is 2. The van der Waals surface area contributed by atoms with Gasteiger partial charge in [-0.05, 0) is 5.41 Å². The molecule has 0 radical (unpaired) electrons. The first-order valence-electron chi connectivity index (χ1n) is 5.77. The molecule has 94 valence electrons.